The van der Waals surface area contributed by atoms with Crippen molar-refractivity contribution in [2.24, 2.45) is 0 Å². The SMILES string of the molecule is C=CC(=O)OC=COc1ccc(-c2ccc(-c3ccc(OC(=O)C(=C)C)c(OC(=O)C(=C)C)c3)o2)cc1. The fourth-order valence-electron chi connectivity index (χ4n) is 2.79. The molecule has 0 fully saturated rings. The van der Waals surface area contributed by atoms with Crippen LogP contribution in [0.25, 0.3) is 22.6 Å². The maximum Gasteiger partial charge on any atom is 0.338 e. The summed E-state index contributed by atoms with van der Waals surface area (Å²) in [5, 5.41) is 0. The van der Waals surface area contributed by atoms with E-state index in [1.807, 2.05) is 0 Å². The Morgan fingerprint density at radius 1 is 0.757 bits per heavy atom. The molecule has 37 heavy (non-hydrogen) atoms. The van der Waals surface area contributed by atoms with Crippen LogP contribution in [-0.4, -0.2) is 17.9 Å². The van der Waals surface area contributed by atoms with Crippen LogP contribution in [0, 0.1) is 0 Å². The fraction of sp³-hybridized carbons (Fsp3) is 0.0690. The van der Waals surface area contributed by atoms with Crippen LogP contribution in [0.2, 0.25) is 0 Å². The fourth-order valence-corrected chi connectivity index (χ4v) is 2.79. The van der Waals surface area contributed by atoms with Crippen LogP contribution in [0.3, 0.4) is 0 Å². The third-order valence-electron chi connectivity index (χ3n) is 4.69. The lowest BCUT2D eigenvalue weighted by Gasteiger charge is -2.12. The van der Waals surface area contributed by atoms with E-state index in [0.29, 0.717) is 22.8 Å². The van der Waals surface area contributed by atoms with Crippen LogP contribution in [0.4, 0.5) is 0 Å². The van der Waals surface area contributed by atoms with Crippen molar-refractivity contribution < 1.29 is 37.7 Å². The lowest BCUT2D eigenvalue weighted by molar-refractivity contribution is -0.132. The molecule has 0 N–H and O–H groups in total. The summed E-state index contributed by atoms with van der Waals surface area (Å²) >= 11 is 0. The van der Waals surface area contributed by atoms with Crippen molar-refractivity contribution in [1.82, 2.24) is 0 Å². The van der Waals surface area contributed by atoms with Gasteiger partial charge in [-0.05, 0) is 68.4 Å². The Kier molecular flexibility index (Phi) is 8.62. The van der Waals surface area contributed by atoms with E-state index in [1.165, 1.54) is 32.2 Å². The standard InChI is InChI=1S/C29H24O8/c1-6-27(30)34-16-15-33-22-10-7-20(8-11-22)23-13-14-24(35-23)21-9-12-25(36-28(31)18(2)3)26(17-21)37-29(32)19(4)5/h6-17H,1-2,4H2,3,5H3. The molecule has 0 aliphatic carbocycles. The molecular weight excluding hydrogens is 476 g/mol. The second kappa shape index (κ2) is 12.0. The summed E-state index contributed by atoms with van der Waals surface area (Å²) in [5.41, 5.74) is 1.75. The number of hydrogen-bond donors (Lipinski definition) is 0. The number of hydrogen-bond acceptors (Lipinski definition) is 8. The molecule has 2 aromatic carbocycles. The molecule has 0 aliphatic heterocycles. The summed E-state index contributed by atoms with van der Waals surface area (Å²) in [6.07, 6.45) is 3.39. The molecule has 0 atom stereocenters. The van der Waals surface area contributed by atoms with Crippen LogP contribution in [0.1, 0.15) is 13.8 Å². The molecule has 8 heteroatoms. The first-order valence-electron chi connectivity index (χ1n) is 10.9. The molecule has 0 saturated carbocycles. The van der Waals surface area contributed by atoms with Gasteiger partial charge in [-0.25, -0.2) is 14.4 Å². The summed E-state index contributed by atoms with van der Waals surface area (Å²) in [5.74, 6) is -0.226. The quantitative estimate of drug-likeness (QED) is 0.141. The number of furan rings is 1. The molecule has 8 nitrogen and oxygen atoms in total. The largest absolute Gasteiger partial charge is 0.462 e. The predicted molar refractivity (Wildman–Crippen MR) is 137 cm³/mol. The summed E-state index contributed by atoms with van der Waals surface area (Å²) in [6, 6.07) is 15.3. The van der Waals surface area contributed by atoms with E-state index >= 15 is 0 Å². The molecule has 0 amide bonds. The van der Waals surface area contributed by atoms with E-state index in [2.05, 4.69) is 19.7 Å². The summed E-state index contributed by atoms with van der Waals surface area (Å²) < 4.78 is 26.7. The Balaban J connectivity index is 1.80. The van der Waals surface area contributed by atoms with Gasteiger partial charge in [0, 0.05) is 28.3 Å². The molecule has 3 aromatic rings. The maximum atomic E-state index is 12.1. The van der Waals surface area contributed by atoms with Crippen LogP contribution >= 0.6 is 0 Å². The monoisotopic (exact) mass is 500 g/mol. The lowest BCUT2D eigenvalue weighted by atomic mass is 10.1. The zero-order valence-corrected chi connectivity index (χ0v) is 20.3. The van der Waals surface area contributed by atoms with Gasteiger partial charge in [0.2, 0.25) is 0 Å². The van der Waals surface area contributed by atoms with Crippen molar-refractivity contribution in [1.29, 1.82) is 0 Å². The van der Waals surface area contributed by atoms with Gasteiger partial charge in [-0.2, -0.15) is 0 Å². The topological polar surface area (TPSA) is 101 Å². The maximum absolute atomic E-state index is 12.1. The van der Waals surface area contributed by atoms with E-state index in [0.717, 1.165) is 17.9 Å². The third-order valence-corrected chi connectivity index (χ3v) is 4.69. The minimum atomic E-state index is -0.666. The molecule has 0 aliphatic rings. The highest BCUT2D eigenvalue weighted by molar-refractivity contribution is 5.91. The highest BCUT2D eigenvalue weighted by Gasteiger charge is 2.17. The summed E-state index contributed by atoms with van der Waals surface area (Å²) in [6.45, 7) is 13.4. The third kappa shape index (κ3) is 7.19. The van der Waals surface area contributed by atoms with Gasteiger partial charge >= 0.3 is 17.9 Å². The Bertz CT molecular complexity index is 1390. The van der Waals surface area contributed by atoms with E-state index in [9.17, 15) is 14.4 Å². The molecule has 1 aromatic heterocycles. The number of carbonyl (C=O) groups excluding carboxylic acids is 3. The normalized spacial score (nSPS) is 10.4. The summed E-state index contributed by atoms with van der Waals surface area (Å²) in [4.78, 5) is 35.1. The van der Waals surface area contributed by atoms with Gasteiger partial charge in [0.1, 0.15) is 29.8 Å². The molecule has 1 heterocycles. The number of benzene rings is 2. The molecule has 3 rings (SSSR count). The van der Waals surface area contributed by atoms with Gasteiger partial charge in [0.05, 0.1) is 0 Å². The van der Waals surface area contributed by atoms with Crippen molar-refractivity contribution in [2.75, 3.05) is 0 Å². The van der Waals surface area contributed by atoms with Gasteiger partial charge in [-0.1, -0.05) is 19.7 Å². The van der Waals surface area contributed by atoms with Gasteiger partial charge in [0.15, 0.2) is 11.5 Å². The molecule has 0 bridgehead atoms. The Morgan fingerprint density at radius 3 is 1.92 bits per heavy atom. The second-order valence-corrected chi connectivity index (χ2v) is 7.72. The van der Waals surface area contributed by atoms with Crippen LogP contribution in [0.15, 0.2) is 108 Å². The van der Waals surface area contributed by atoms with E-state index in [-0.39, 0.29) is 22.6 Å². The first-order chi connectivity index (χ1) is 17.7. The van der Waals surface area contributed by atoms with Crippen LogP contribution < -0.4 is 14.2 Å². The van der Waals surface area contributed by atoms with Crippen LogP contribution in [0.5, 0.6) is 17.2 Å². The zero-order chi connectivity index (χ0) is 26.9. The van der Waals surface area contributed by atoms with Crippen molar-refractivity contribution in [3.8, 4) is 39.9 Å². The Hall–Kier alpha value is -5.11. The molecular formula is C29H24O8. The molecule has 188 valence electrons. The molecule has 0 saturated heterocycles. The average molecular weight is 501 g/mol. The zero-order valence-electron chi connectivity index (χ0n) is 20.3. The second-order valence-electron chi connectivity index (χ2n) is 7.72. The van der Waals surface area contributed by atoms with Gasteiger partial charge in [-0.3, -0.25) is 0 Å². The number of ether oxygens (including phenoxy) is 4. The van der Waals surface area contributed by atoms with E-state index < -0.39 is 17.9 Å². The molecule has 0 unspecified atom stereocenters. The van der Waals surface area contributed by atoms with Crippen molar-refractivity contribution in [2.45, 2.75) is 13.8 Å². The van der Waals surface area contributed by atoms with Gasteiger partial charge in [0.25, 0.3) is 0 Å². The van der Waals surface area contributed by atoms with Crippen molar-refractivity contribution in [3.05, 3.63) is 104 Å². The average Bonchev–Trinajstić information content (AvgIpc) is 3.38. The first kappa shape index (κ1) is 26.5. The molecule has 0 spiro atoms. The summed E-state index contributed by atoms with van der Waals surface area (Å²) in [7, 11) is 0. The predicted octanol–water partition coefficient (Wildman–Crippen LogP) is 6.16. The Labute approximate surface area is 213 Å². The van der Waals surface area contributed by atoms with Crippen molar-refractivity contribution >= 4 is 17.9 Å². The number of carbonyl (C=O) groups is 3. The van der Waals surface area contributed by atoms with Crippen molar-refractivity contribution in [3.63, 3.8) is 0 Å². The van der Waals surface area contributed by atoms with Crippen LogP contribution in [-0.2, 0) is 19.1 Å². The highest BCUT2D eigenvalue weighted by atomic mass is 16.6. The minimum absolute atomic E-state index is 0.0337. The highest BCUT2D eigenvalue weighted by Crippen LogP contribution is 2.36. The van der Waals surface area contributed by atoms with Gasteiger partial charge in [-0.15, -0.1) is 0 Å². The number of rotatable bonds is 10. The van der Waals surface area contributed by atoms with Gasteiger partial charge < -0.3 is 23.4 Å². The molecule has 0 radical (unpaired) electrons. The first-order valence-corrected chi connectivity index (χ1v) is 10.9. The van der Waals surface area contributed by atoms with E-state index in [1.54, 1.807) is 42.5 Å². The Morgan fingerprint density at radius 2 is 1.32 bits per heavy atom. The number of esters is 3. The smallest absolute Gasteiger partial charge is 0.338 e. The minimum Gasteiger partial charge on any atom is -0.462 e. The lowest BCUT2D eigenvalue weighted by Crippen LogP contribution is -2.12. The van der Waals surface area contributed by atoms with E-state index in [4.69, 9.17) is 23.4 Å².